The molecule has 5 aromatic rings. The van der Waals surface area contributed by atoms with Gasteiger partial charge in [0.1, 0.15) is 11.6 Å². The standard InChI is InChI=1S/C28H26FN7O2/c1-2-35-14-19(13-31-35)32-28-33-23(12-25(30)34-28)20-4-3-5-24(21(20)15-37)36-9-8-17-10-18(16-6-7-16)11-22(29)26(17)27(36)38/h3-5,8-14,16,37H,2,6-7,15H2,1H3,(H3,30,32,33,34). The largest absolute Gasteiger partial charge is 0.392 e. The molecule has 0 bridgehead atoms. The fourth-order valence-corrected chi connectivity index (χ4v) is 4.79. The van der Waals surface area contributed by atoms with E-state index >= 15 is 4.39 Å². The van der Waals surface area contributed by atoms with Crippen molar-refractivity contribution in [2.45, 2.75) is 38.8 Å². The first-order chi connectivity index (χ1) is 18.4. The summed E-state index contributed by atoms with van der Waals surface area (Å²) in [5, 5.41) is 18.3. The van der Waals surface area contributed by atoms with Gasteiger partial charge in [-0.2, -0.15) is 10.1 Å². The number of nitrogens with two attached hydrogens (primary N) is 1. The number of aliphatic hydroxyl groups excluding tert-OH is 1. The lowest BCUT2D eigenvalue weighted by molar-refractivity contribution is 0.282. The van der Waals surface area contributed by atoms with Crippen molar-refractivity contribution in [3.8, 4) is 16.9 Å². The highest BCUT2D eigenvalue weighted by atomic mass is 19.1. The number of nitrogen functional groups attached to an aromatic ring is 1. The highest BCUT2D eigenvalue weighted by Crippen LogP contribution is 2.41. The van der Waals surface area contributed by atoms with Gasteiger partial charge in [-0.15, -0.1) is 0 Å². The molecule has 192 valence electrons. The van der Waals surface area contributed by atoms with Crippen LogP contribution in [0.1, 0.15) is 36.8 Å². The molecule has 4 N–H and O–H groups in total. The van der Waals surface area contributed by atoms with E-state index in [0.717, 1.165) is 24.9 Å². The summed E-state index contributed by atoms with van der Waals surface area (Å²) in [6, 6.07) is 11.9. The van der Waals surface area contributed by atoms with Crippen LogP contribution in [0.5, 0.6) is 0 Å². The van der Waals surface area contributed by atoms with Crippen LogP contribution in [-0.2, 0) is 13.2 Å². The number of fused-ring (bicyclic) bond motifs is 1. The molecule has 0 aliphatic heterocycles. The van der Waals surface area contributed by atoms with Gasteiger partial charge in [0.05, 0.1) is 35.3 Å². The van der Waals surface area contributed by atoms with Crippen LogP contribution < -0.4 is 16.6 Å². The molecule has 6 rings (SSSR count). The van der Waals surface area contributed by atoms with E-state index in [-0.39, 0.29) is 23.8 Å². The number of benzene rings is 2. The molecule has 1 fully saturated rings. The monoisotopic (exact) mass is 511 g/mol. The predicted molar refractivity (Wildman–Crippen MR) is 144 cm³/mol. The minimum Gasteiger partial charge on any atom is -0.392 e. The third-order valence-corrected chi connectivity index (χ3v) is 6.83. The van der Waals surface area contributed by atoms with E-state index in [1.54, 1.807) is 47.4 Å². The number of hydrogen-bond donors (Lipinski definition) is 3. The first-order valence-corrected chi connectivity index (χ1v) is 12.5. The van der Waals surface area contributed by atoms with Crippen LogP contribution in [0.25, 0.3) is 27.7 Å². The van der Waals surface area contributed by atoms with Gasteiger partial charge in [0.25, 0.3) is 5.56 Å². The first kappa shape index (κ1) is 23.8. The van der Waals surface area contributed by atoms with Crippen molar-refractivity contribution >= 4 is 28.2 Å². The van der Waals surface area contributed by atoms with E-state index in [0.29, 0.717) is 39.5 Å². The Morgan fingerprint density at radius 1 is 1.18 bits per heavy atom. The van der Waals surface area contributed by atoms with Crippen molar-refractivity contribution in [1.29, 1.82) is 0 Å². The third kappa shape index (κ3) is 4.28. The quantitative estimate of drug-likeness (QED) is 0.294. The molecule has 0 unspecified atom stereocenters. The Hall–Kier alpha value is -4.57. The summed E-state index contributed by atoms with van der Waals surface area (Å²) >= 11 is 0. The molecular weight excluding hydrogens is 485 g/mol. The van der Waals surface area contributed by atoms with Gasteiger partial charge in [0.15, 0.2) is 0 Å². The minimum absolute atomic E-state index is 0.0246. The zero-order chi connectivity index (χ0) is 26.4. The summed E-state index contributed by atoms with van der Waals surface area (Å²) in [7, 11) is 0. The fourth-order valence-electron chi connectivity index (χ4n) is 4.79. The second kappa shape index (κ2) is 9.38. The van der Waals surface area contributed by atoms with Gasteiger partial charge in [-0.25, -0.2) is 9.37 Å². The lowest BCUT2D eigenvalue weighted by atomic mass is 10.0. The van der Waals surface area contributed by atoms with E-state index in [4.69, 9.17) is 5.73 Å². The highest BCUT2D eigenvalue weighted by Gasteiger charge is 2.25. The van der Waals surface area contributed by atoms with Gasteiger partial charge >= 0.3 is 0 Å². The van der Waals surface area contributed by atoms with Crippen LogP contribution in [0, 0.1) is 5.82 Å². The summed E-state index contributed by atoms with van der Waals surface area (Å²) in [4.78, 5) is 22.3. The number of nitrogens with one attached hydrogen (secondary N) is 1. The van der Waals surface area contributed by atoms with Gasteiger partial charge in [0.2, 0.25) is 5.95 Å². The molecule has 2 aromatic carbocycles. The number of aromatic nitrogens is 5. The summed E-state index contributed by atoms with van der Waals surface area (Å²) in [6.07, 6.45) is 7.19. The minimum atomic E-state index is -0.531. The molecule has 1 aliphatic rings. The predicted octanol–water partition coefficient (Wildman–Crippen LogP) is 4.50. The Balaban J connectivity index is 1.44. The topological polar surface area (TPSA) is 124 Å². The fraction of sp³-hybridized carbons (Fsp3) is 0.214. The van der Waals surface area contributed by atoms with Gasteiger partial charge in [-0.1, -0.05) is 18.2 Å². The van der Waals surface area contributed by atoms with Crippen molar-refractivity contribution < 1.29 is 9.50 Å². The molecule has 1 saturated carbocycles. The molecule has 0 radical (unpaired) electrons. The molecule has 0 atom stereocenters. The average Bonchev–Trinajstić information content (AvgIpc) is 3.67. The molecule has 0 saturated heterocycles. The van der Waals surface area contributed by atoms with Crippen molar-refractivity contribution in [3.63, 3.8) is 0 Å². The Bertz CT molecular complexity index is 1740. The normalized spacial score (nSPS) is 13.2. The van der Waals surface area contributed by atoms with E-state index in [2.05, 4.69) is 20.4 Å². The smallest absolute Gasteiger partial charge is 0.265 e. The maximum atomic E-state index is 15.1. The second-order valence-electron chi connectivity index (χ2n) is 9.40. The highest BCUT2D eigenvalue weighted by molar-refractivity contribution is 5.84. The molecule has 3 aromatic heterocycles. The van der Waals surface area contributed by atoms with E-state index in [9.17, 15) is 9.90 Å². The molecule has 0 amide bonds. The van der Waals surface area contributed by atoms with Gasteiger partial charge in [0, 0.05) is 36.1 Å². The van der Waals surface area contributed by atoms with E-state index in [1.807, 2.05) is 19.2 Å². The Labute approximate surface area is 217 Å². The van der Waals surface area contributed by atoms with Crippen molar-refractivity contribution in [2.24, 2.45) is 0 Å². The van der Waals surface area contributed by atoms with Crippen LogP contribution >= 0.6 is 0 Å². The van der Waals surface area contributed by atoms with Gasteiger partial charge < -0.3 is 16.2 Å². The van der Waals surface area contributed by atoms with Gasteiger partial charge in [-0.05, 0) is 54.8 Å². The number of anilines is 3. The maximum absolute atomic E-state index is 15.1. The summed E-state index contributed by atoms with van der Waals surface area (Å²) in [5.74, 6) is 0.333. The number of rotatable bonds is 7. The summed E-state index contributed by atoms with van der Waals surface area (Å²) in [5.41, 5.74) is 9.14. The number of hydrogen-bond acceptors (Lipinski definition) is 7. The zero-order valence-corrected chi connectivity index (χ0v) is 20.7. The number of aliphatic hydroxyl groups is 1. The Morgan fingerprint density at radius 3 is 2.76 bits per heavy atom. The molecule has 10 heteroatoms. The molecule has 3 heterocycles. The Kier molecular flexibility index (Phi) is 5.88. The molecule has 9 nitrogen and oxygen atoms in total. The number of nitrogens with zero attached hydrogens (tertiary/aromatic N) is 5. The first-order valence-electron chi connectivity index (χ1n) is 12.5. The van der Waals surface area contributed by atoms with Crippen LogP contribution in [0.15, 0.2) is 65.8 Å². The van der Waals surface area contributed by atoms with Crippen LogP contribution in [-0.4, -0.2) is 29.4 Å². The van der Waals surface area contributed by atoms with E-state index in [1.165, 1.54) is 10.6 Å². The van der Waals surface area contributed by atoms with Crippen molar-refractivity contribution in [2.75, 3.05) is 11.1 Å². The lowest BCUT2D eigenvalue weighted by Crippen LogP contribution is -2.20. The number of halogens is 1. The van der Waals surface area contributed by atoms with Crippen molar-refractivity contribution in [1.82, 2.24) is 24.3 Å². The molecule has 1 aliphatic carbocycles. The molecule has 0 spiro atoms. The lowest BCUT2D eigenvalue weighted by Gasteiger charge is -2.16. The summed E-state index contributed by atoms with van der Waals surface area (Å²) < 4.78 is 18.2. The number of aryl methyl sites for hydroxylation is 1. The second-order valence-corrected chi connectivity index (χ2v) is 9.40. The van der Waals surface area contributed by atoms with Crippen LogP contribution in [0.2, 0.25) is 0 Å². The van der Waals surface area contributed by atoms with E-state index < -0.39 is 11.4 Å². The number of pyridine rings is 1. The SMILES string of the molecule is CCn1cc(Nc2nc(N)cc(-c3cccc(-n4ccc5cc(C6CC6)cc(F)c5c4=O)c3CO)n2)cn1. The van der Waals surface area contributed by atoms with Crippen molar-refractivity contribution in [3.05, 3.63) is 88.4 Å². The maximum Gasteiger partial charge on any atom is 0.265 e. The molecule has 38 heavy (non-hydrogen) atoms. The summed E-state index contributed by atoms with van der Waals surface area (Å²) in [6.45, 7) is 2.32. The third-order valence-electron chi connectivity index (χ3n) is 6.83. The van der Waals surface area contributed by atoms with Gasteiger partial charge in [-0.3, -0.25) is 14.0 Å². The van der Waals surface area contributed by atoms with Crippen LogP contribution in [0.3, 0.4) is 0 Å². The Morgan fingerprint density at radius 2 is 2.03 bits per heavy atom. The average molecular weight is 512 g/mol. The zero-order valence-electron chi connectivity index (χ0n) is 20.7. The van der Waals surface area contributed by atoms with Crippen LogP contribution in [0.4, 0.5) is 21.8 Å². The molecular formula is C28H26FN7O2.